The van der Waals surface area contributed by atoms with Crippen molar-refractivity contribution < 1.29 is 33.0 Å². The Hall–Kier alpha value is -4.40. The Morgan fingerprint density at radius 1 is 1.02 bits per heavy atom. The number of carbonyl (C=O) groups is 3. The number of anilines is 2. The van der Waals surface area contributed by atoms with E-state index in [1.807, 2.05) is 0 Å². The molecule has 1 aliphatic rings. The van der Waals surface area contributed by atoms with Crippen LogP contribution < -0.4 is 37.4 Å². The molecule has 0 atom stereocenters. The number of rotatable bonds is 17. The molecule has 1 aromatic carbocycles. The zero-order valence-electron chi connectivity index (χ0n) is 24.3. The van der Waals surface area contributed by atoms with Crippen LogP contribution in [0.3, 0.4) is 0 Å². The number of ether oxygens (including phenoxy) is 3. The van der Waals surface area contributed by atoms with Crippen LogP contribution in [0, 0.1) is 18.2 Å². The topological polar surface area (TPSA) is 190 Å². The lowest BCUT2D eigenvalue weighted by molar-refractivity contribution is -0.126. The van der Waals surface area contributed by atoms with Crippen molar-refractivity contribution in [1.82, 2.24) is 20.9 Å². The summed E-state index contributed by atoms with van der Waals surface area (Å²) in [4.78, 5) is 39.4. The predicted molar refractivity (Wildman–Crippen MR) is 160 cm³/mol. The molecule has 14 heteroatoms. The molecule has 0 fully saturated rings. The van der Waals surface area contributed by atoms with E-state index in [0.29, 0.717) is 78.9 Å². The van der Waals surface area contributed by atoms with Crippen LogP contribution in [-0.2, 0) is 28.6 Å². The number of hydrogen-bond donors (Lipinski definition) is 6. The van der Waals surface area contributed by atoms with E-state index in [4.69, 9.17) is 25.4 Å². The maximum atomic E-state index is 15.1. The van der Waals surface area contributed by atoms with Crippen LogP contribution in [0.25, 0.3) is 23.4 Å². The van der Waals surface area contributed by atoms with Crippen LogP contribution in [0.5, 0.6) is 0 Å². The Morgan fingerprint density at radius 3 is 2.42 bits per heavy atom. The van der Waals surface area contributed by atoms with E-state index in [2.05, 4.69) is 26.3 Å². The molecule has 232 valence electrons. The number of halogens is 1. The van der Waals surface area contributed by atoms with Gasteiger partial charge in [-0.3, -0.25) is 24.8 Å². The molecule has 0 saturated carbocycles. The van der Waals surface area contributed by atoms with E-state index < -0.39 is 11.7 Å². The van der Waals surface area contributed by atoms with Crippen molar-refractivity contribution in [3.8, 4) is 11.1 Å². The number of amidine groups is 1. The van der Waals surface area contributed by atoms with E-state index in [9.17, 15) is 14.4 Å². The molecule has 2 aromatic rings. The number of nitrogens with zero attached hydrogens (tertiary/aromatic N) is 1. The average molecular weight is 600 g/mol. The molecule has 0 spiro atoms. The van der Waals surface area contributed by atoms with Crippen LogP contribution in [0.1, 0.15) is 24.8 Å². The van der Waals surface area contributed by atoms with Gasteiger partial charge >= 0.3 is 0 Å². The number of benzene rings is 1. The summed E-state index contributed by atoms with van der Waals surface area (Å²) in [6.07, 6.45) is 6.61. The molecule has 13 nitrogen and oxygen atoms in total. The number of carbonyl (C=O) groups excluding carboxylic acids is 3. The van der Waals surface area contributed by atoms with E-state index in [-0.39, 0.29) is 42.7 Å². The van der Waals surface area contributed by atoms with Gasteiger partial charge in [0.1, 0.15) is 12.4 Å². The van der Waals surface area contributed by atoms with Gasteiger partial charge < -0.3 is 41.2 Å². The molecule has 0 saturated heterocycles. The zero-order valence-corrected chi connectivity index (χ0v) is 24.3. The smallest absolute Gasteiger partial charge is 0.245 e. The fourth-order valence-corrected chi connectivity index (χ4v) is 4.03. The number of likely N-dealkylation sites (N-methyl/N-ethyl adjacent to an activating group) is 1. The molecule has 1 aliphatic heterocycles. The molecule has 0 unspecified atom stereocenters. The molecule has 0 aliphatic carbocycles. The molecule has 2 heterocycles. The van der Waals surface area contributed by atoms with E-state index in [1.54, 1.807) is 19.2 Å². The third-order valence-corrected chi connectivity index (χ3v) is 6.45. The normalized spacial score (nSPS) is 11.9. The van der Waals surface area contributed by atoms with Crippen molar-refractivity contribution in [1.29, 1.82) is 5.41 Å². The van der Waals surface area contributed by atoms with Crippen LogP contribution in [0.2, 0.25) is 0 Å². The van der Waals surface area contributed by atoms with Gasteiger partial charge in [-0.15, -0.1) is 0 Å². The Kier molecular flexibility index (Phi) is 13.0. The Bertz CT molecular complexity index is 1450. The quantitative estimate of drug-likeness (QED) is 0.0819. The Balaban J connectivity index is 1.34. The lowest BCUT2D eigenvalue weighted by Crippen LogP contribution is -2.39. The van der Waals surface area contributed by atoms with Crippen LogP contribution >= 0.6 is 0 Å². The first-order valence-corrected chi connectivity index (χ1v) is 13.8. The largest absolute Gasteiger partial charge is 0.397 e. The third-order valence-electron chi connectivity index (χ3n) is 6.45. The zero-order chi connectivity index (χ0) is 31.2. The molecule has 43 heavy (non-hydrogen) atoms. The second-order valence-electron chi connectivity index (χ2n) is 9.57. The third kappa shape index (κ3) is 10.1. The summed E-state index contributed by atoms with van der Waals surface area (Å²) in [6, 6.07) is 1.60. The van der Waals surface area contributed by atoms with E-state index in [0.717, 1.165) is 0 Å². The highest BCUT2D eigenvalue weighted by molar-refractivity contribution is 6.13. The lowest BCUT2D eigenvalue weighted by Gasteiger charge is -2.18. The van der Waals surface area contributed by atoms with Crippen molar-refractivity contribution in [2.75, 3.05) is 64.3 Å². The first kappa shape index (κ1) is 33.1. The minimum atomic E-state index is -0.447. The van der Waals surface area contributed by atoms with Crippen LogP contribution in [-0.4, -0.2) is 81.8 Å². The molecule has 0 radical (unpaired) electrons. The van der Waals surface area contributed by atoms with Gasteiger partial charge in [0.15, 0.2) is 5.82 Å². The highest BCUT2D eigenvalue weighted by atomic mass is 19.1. The van der Waals surface area contributed by atoms with Crippen molar-refractivity contribution in [3.63, 3.8) is 0 Å². The van der Waals surface area contributed by atoms with Crippen molar-refractivity contribution in [2.45, 2.75) is 26.2 Å². The van der Waals surface area contributed by atoms with Crippen molar-refractivity contribution in [3.05, 3.63) is 40.3 Å². The monoisotopic (exact) mass is 599 g/mol. The molecule has 0 bridgehead atoms. The number of fused-ring (bicyclic) bond motifs is 1. The minimum absolute atomic E-state index is 0.00961. The maximum Gasteiger partial charge on any atom is 0.245 e. The number of nitrogens with one attached hydrogen (secondary N) is 5. The number of nitrogens with two attached hydrogens (primary N) is 1. The van der Waals surface area contributed by atoms with Crippen LogP contribution in [0.4, 0.5) is 15.8 Å². The highest BCUT2D eigenvalue weighted by Gasteiger charge is 2.19. The summed E-state index contributed by atoms with van der Waals surface area (Å²) in [7, 11) is 1.53. The van der Waals surface area contributed by atoms with Gasteiger partial charge in [-0.05, 0) is 36.3 Å². The Morgan fingerprint density at radius 2 is 1.72 bits per heavy atom. The lowest BCUT2D eigenvalue weighted by atomic mass is 9.97. The second-order valence-corrected chi connectivity index (χ2v) is 9.57. The number of aromatic nitrogens is 1. The van der Waals surface area contributed by atoms with Crippen molar-refractivity contribution >= 4 is 47.2 Å². The molecule has 3 rings (SSSR count). The highest BCUT2D eigenvalue weighted by Crippen LogP contribution is 2.30. The Labute approximate surface area is 248 Å². The molecular weight excluding hydrogens is 561 g/mol. The standard InChI is InChI=1S/C29H38FN7O6/c1-18-21(14-34-16-23(18)31)20-12-19(22-15-36-29(22)28(20)30)13-24(32)37-26(39)5-3-4-25(38)35-6-7-41-8-9-42-10-11-43-17-27(40)33-2/h12-16,36H,3-11,17,31H2,1-2H3,(H,33,40)(H,35,38)(H2,32,37,39). The summed E-state index contributed by atoms with van der Waals surface area (Å²) in [6.45, 7) is 3.75. The fraction of sp³-hybridized carbons (Fsp3) is 0.414. The average Bonchev–Trinajstić information content (AvgIpc) is 2.94. The SMILES string of the molecule is CNC(=O)COCCOCCOCCNC(=O)CCCC(=O)NC(=N)C=c1cc(-c2cncc(N)c2C)c(F)c2c1=CN2. The van der Waals surface area contributed by atoms with Crippen molar-refractivity contribution in [2.24, 2.45) is 0 Å². The summed E-state index contributed by atoms with van der Waals surface area (Å²) < 4.78 is 30.9. The second kappa shape index (κ2) is 16.9. The van der Waals surface area contributed by atoms with Gasteiger partial charge in [0.2, 0.25) is 17.7 Å². The minimum Gasteiger partial charge on any atom is -0.397 e. The number of pyridine rings is 1. The summed E-state index contributed by atoms with van der Waals surface area (Å²) in [5.41, 5.74) is 8.20. The summed E-state index contributed by atoms with van der Waals surface area (Å²) in [5.74, 6) is -1.42. The first-order valence-electron chi connectivity index (χ1n) is 13.8. The van der Waals surface area contributed by atoms with Gasteiger partial charge in [0.25, 0.3) is 0 Å². The first-order chi connectivity index (χ1) is 20.7. The fourth-order valence-electron chi connectivity index (χ4n) is 4.03. The van der Waals surface area contributed by atoms with Gasteiger partial charge in [-0.2, -0.15) is 0 Å². The molecule has 3 amide bonds. The number of amides is 3. The van der Waals surface area contributed by atoms with Gasteiger partial charge in [-0.25, -0.2) is 4.39 Å². The maximum absolute atomic E-state index is 15.1. The number of hydrogen-bond acceptors (Lipinski definition) is 10. The summed E-state index contributed by atoms with van der Waals surface area (Å²) in [5, 5.41) is 19.9. The molecular formula is C29H38FN7O6. The molecule has 7 N–H and O–H groups in total. The van der Waals surface area contributed by atoms with Crippen LogP contribution in [0.15, 0.2) is 18.5 Å². The van der Waals surface area contributed by atoms with Gasteiger partial charge in [0.05, 0.1) is 50.6 Å². The van der Waals surface area contributed by atoms with Gasteiger partial charge in [-0.1, -0.05) is 0 Å². The van der Waals surface area contributed by atoms with E-state index in [1.165, 1.54) is 25.5 Å². The van der Waals surface area contributed by atoms with E-state index >= 15 is 4.39 Å². The predicted octanol–water partition coefficient (Wildman–Crippen LogP) is -0.102. The summed E-state index contributed by atoms with van der Waals surface area (Å²) >= 11 is 0. The number of nitrogen functional groups attached to an aromatic ring is 1. The molecule has 1 aromatic heterocycles. The van der Waals surface area contributed by atoms with Gasteiger partial charge in [0, 0.05) is 55.2 Å².